The summed E-state index contributed by atoms with van der Waals surface area (Å²) in [6, 6.07) is 0. The topological polar surface area (TPSA) is 23.8 Å². The van der Waals surface area contributed by atoms with Crippen LogP contribution in [-0.2, 0) is 0 Å². The lowest BCUT2D eigenvalue weighted by atomic mass is 9.98. The lowest BCUT2D eigenvalue weighted by Gasteiger charge is -2.08. The molecule has 1 nitrogen and oxygen atoms in total. The van der Waals surface area contributed by atoms with Gasteiger partial charge in [0.2, 0.25) is 0 Å². The first-order chi connectivity index (χ1) is 5.31. The summed E-state index contributed by atoms with van der Waals surface area (Å²) in [6.07, 6.45) is 7.81. The van der Waals surface area contributed by atoms with E-state index >= 15 is 0 Å². The molecule has 1 heteroatoms. The Morgan fingerprint density at radius 3 is 2.27 bits per heavy atom. The van der Waals surface area contributed by atoms with Crippen LogP contribution >= 0.6 is 0 Å². The third-order valence-electron chi connectivity index (χ3n) is 2.17. The highest BCUT2D eigenvalue weighted by atomic mass is 14.5. The highest BCUT2D eigenvalue weighted by molar-refractivity contribution is 4.53. The lowest BCUT2D eigenvalue weighted by Crippen LogP contribution is -1.97. The van der Waals surface area contributed by atoms with Gasteiger partial charge in [0.1, 0.15) is 0 Å². The van der Waals surface area contributed by atoms with E-state index in [0.717, 1.165) is 12.3 Å². The predicted molar refractivity (Wildman–Crippen MR) is 50.5 cm³/mol. The predicted octanol–water partition coefficient (Wildman–Crippen LogP) is 3.27. The maximum atomic E-state index is 7.01. The van der Waals surface area contributed by atoms with Crippen molar-refractivity contribution in [2.24, 2.45) is 5.92 Å². The fourth-order valence-electron chi connectivity index (χ4n) is 1.34. The SMILES string of the molecule is CCCCCC(C)CCC[NH]. The maximum Gasteiger partial charge on any atom is 0.00998 e. The van der Waals surface area contributed by atoms with Crippen molar-refractivity contribution in [3.05, 3.63) is 0 Å². The van der Waals surface area contributed by atoms with E-state index in [1.807, 2.05) is 0 Å². The Morgan fingerprint density at radius 2 is 1.73 bits per heavy atom. The van der Waals surface area contributed by atoms with E-state index in [0.29, 0.717) is 6.54 Å². The van der Waals surface area contributed by atoms with Gasteiger partial charge in [0.05, 0.1) is 0 Å². The van der Waals surface area contributed by atoms with Crippen molar-refractivity contribution in [3.8, 4) is 0 Å². The second-order valence-electron chi connectivity index (χ2n) is 3.49. The van der Waals surface area contributed by atoms with Crippen molar-refractivity contribution in [1.82, 2.24) is 5.73 Å². The van der Waals surface area contributed by atoms with E-state index in [9.17, 15) is 0 Å². The Labute approximate surface area is 71.4 Å². The zero-order valence-corrected chi connectivity index (χ0v) is 8.03. The molecule has 1 N–H and O–H groups in total. The molecule has 0 fully saturated rings. The largest absolute Gasteiger partial charge is 0.258 e. The number of unbranched alkanes of at least 4 members (excludes halogenated alkanes) is 2. The second-order valence-corrected chi connectivity index (χ2v) is 3.49. The van der Waals surface area contributed by atoms with E-state index in [1.165, 1.54) is 32.1 Å². The molecule has 0 aliphatic rings. The van der Waals surface area contributed by atoms with Crippen LogP contribution in [0.5, 0.6) is 0 Å². The Balaban J connectivity index is 3.02. The third kappa shape index (κ3) is 7.86. The van der Waals surface area contributed by atoms with Gasteiger partial charge in [0, 0.05) is 6.54 Å². The van der Waals surface area contributed by atoms with Crippen molar-refractivity contribution in [3.63, 3.8) is 0 Å². The highest BCUT2D eigenvalue weighted by Gasteiger charge is 1.99. The summed E-state index contributed by atoms with van der Waals surface area (Å²) < 4.78 is 0. The summed E-state index contributed by atoms with van der Waals surface area (Å²) in [5.41, 5.74) is 7.01. The molecule has 0 bridgehead atoms. The van der Waals surface area contributed by atoms with Crippen LogP contribution in [-0.4, -0.2) is 6.54 Å². The first kappa shape index (κ1) is 11.0. The molecule has 0 saturated heterocycles. The zero-order chi connectivity index (χ0) is 8.53. The van der Waals surface area contributed by atoms with Gasteiger partial charge in [-0.05, 0) is 18.8 Å². The molecule has 0 rings (SSSR count). The van der Waals surface area contributed by atoms with Gasteiger partial charge in [-0.3, -0.25) is 5.73 Å². The van der Waals surface area contributed by atoms with Gasteiger partial charge < -0.3 is 0 Å². The molecule has 1 atom stereocenters. The quantitative estimate of drug-likeness (QED) is 0.505. The fourth-order valence-corrected chi connectivity index (χ4v) is 1.34. The molecule has 67 valence electrons. The van der Waals surface area contributed by atoms with Crippen molar-refractivity contribution in [2.75, 3.05) is 6.54 Å². The lowest BCUT2D eigenvalue weighted by molar-refractivity contribution is 0.452. The van der Waals surface area contributed by atoms with Gasteiger partial charge in [-0.2, -0.15) is 0 Å². The van der Waals surface area contributed by atoms with Crippen LogP contribution in [0.25, 0.3) is 0 Å². The highest BCUT2D eigenvalue weighted by Crippen LogP contribution is 2.13. The number of hydrogen-bond acceptors (Lipinski definition) is 0. The fraction of sp³-hybridized carbons (Fsp3) is 1.00. The van der Waals surface area contributed by atoms with Gasteiger partial charge in [0.25, 0.3) is 0 Å². The maximum absolute atomic E-state index is 7.01. The van der Waals surface area contributed by atoms with Gasteiger partial charge >= 0.3 is 0 Å². The Morgan fingerprint density at radius 1 is 1.09 bits per heavy atom. The third-order valence-corrected chi connectivity index (χ3v) is 2.17. The molecule has 0 saturated carbocycles. The second kappa shape index (κ2) is 8.06. The smallest absolute Gasteiger partial charge is 0.00998 e. The summed E-state index contributed by atoms with van der Waals surface area (Å²) in [6.45, 7) is 5.16. The molecule has 0 amide bonds. The first-order valence-corrected chi connectivity index (χ1v) is 4.95. The van der Waals surface area contributed by atoms with Crippen molar-refractivity contribution in [1.29, 1.82) is 0 Å². The van der Waals surface area contributed by atoms with Crippen molar-refractivity contribution >= 4 is 0 Å². The van der Waals surface area contributed by atoms with Crippen LogP contribution in [0.1, 0.15) is 52.4 Å². The molecule has 1 radical (unpaired) electrons. The summed E-state index contributed by atoms with van der Waals surface area (Å²) in [5, 5.41) is 0. The van der Waals surface area contributed by atoms with Crippen LogP contribution in [0.15, 0.2) is 0 Å². The summed E-state index contributed by atoms with van der Waals surface area (Å²) in [5.74, 6) is 0.854. The summed E-state index contributed by atoms with van der Waals surface area (Å²) >= 11 is 0. The molecule has 0 aromatic heterocycles. The standard InChI is InChI=1S/C10H22N/c1-3-4-5-7-10(2)8-6-9-11/h10-11H,3-9H2,1-2H3. The minimum atomic E-state index is 0.609. The monoisotopic (exact) mass is 156 g/mol. The minimum absolute atomic E-state index is 0.609. The molecule has 1 unspecified atom stereocenters. The average Bonchev–Trinajstić information content (AvgIpc) is 2.01. The molecule has 0 aromatic carbocycles. The van der Waals surface area contributed by atoms with E-state index < -0.39 is 0 Å². The van der Waals surface area contributed by atoms with Crippen LogP contribution in [0.2, 0.25) is 0 Å². The number of hydrogen-bond donors (Lipinski definition) is 0. The Hall–Kier alpha value is -0.0400. The zero-order valence-electron chi connectivity index (χ0n) is 8.03. The normalized spacial score (nSPS) is 13.4. The van der Waals surface area contributed by atoms with Gasteiger partial charge in [-0.25, -0.2) is 0 Å². The van der Waals surface area contributed by atoms with Crippen molar-refractivity contribution < 1.29 is 0 Å². The van der Waals surface area contributed by atoms with E-state index in [1.54, 1.807) is 0 Å². The van der Waals surface area contributed by atoms with Crippen LogP contribution in [0.4, 0.5) is 0 Å². The average molecular weight is 156 g/mol. The number of rotatable bonds is 7. The molecule has 0 heterocycles. The molecular formula is C10H22N. The van der Waals surface area contributed by atoms with E-state index in [-0.39, 0.29) is 0 Å². The van der Waals surface area contributed by atoms with Crippen molar-refractivity contribution in [2.45, 2.75) is 52.4 Å². The molecule has 0 spiro atoms. The summed E-state index contributed by atoms with van der Waals surface area (Å²) in [4.78, 5) is 0. The van der Waals surface area contributed by atoms with Gasteiger partial charge in [0.15, 0.2) is 0 Å². The van der Waals surface area contributed by atoms with E-state index in [2.05, 4.69) is 13.8 Å². The molecule has 0 aromatic rings. The van der Waals surface area contributed by atoms with Crippen LogP contribution < -0.4 is 5.73 Å². The van der Waals surface area contributed by atoms with Crippen LogP contribution in [0, 0.1) is 5.92 Å². The molecular weight excluding hydrogens is 134 g/mol. The van der Waals surface area contributed by atoms with Gasteiger partial charge in [-0.1, -0.05) is 39.5 Å². The molecule has 11 heavy (non-hydrogen) atoms. The molecule has 0 aliphatic carbocycles. The Kier molecular flexibility index (Phi) is 8.03. The van der Waals surface area contributed by atoms with Crippen LogP contribution in [0.3, 0.4) is 0 Å². The molecule has 0 aliphatic heterocycles. The minimum Gasteiger partial charge on any atom is -0.258 e. The van der Waals surface area contributed by atoms with E-state index in [4.69, 9.17) is 5.73 Å². The van der Waals surface area contributed by atoms with Gasteiger partial charge in [-0.15, -0.1) is 0 Å². The number of nitrogens with one attached hydrogen (secondary N) is 1. The first-order valence-electron chi connectivity index (χ1n) is 4.95. The summed E-state index contributed by atoms with van der Waals surface area (Å²) in [7, 11) is 0. The Bertz CT molecular complexity index is 71.3.